The zero-order valence-electron chi connectivity index (χ0n) is 10.4. The molecule has 0 saturated carbocycles. The number of fused-ring (bicyclic) bond motifs is 1. The summed E-state index contributed by atoms with van der Waals surface area (Å²) in [6.07, 6.45) is 1.20. The smallest absolute Gasteiger partial charge is 0.240 e. The zero-order chi connectivity index (χ0) is 13.1. The van der Waals surface area contributed by atoms with Gasteiger partial charge in [-0.2, -0.15) is 0 Å². The highest BCUT2D eigenvalue weighted by molar-refractivity contribution is 6.05. The molecule has 1 aromatic carbocycles. The molecule has 18 heavy (non-hydrogen) atoms. The number of carbonyl (C=O) groups excluding carboxylic acids is 2. The number of anilines is 2. The number of nitrogens with one attached hydrogen (secondary N) is 1. The van der Waals surface area contributed by atoms with Crippen molar-refractivity contribution >= 4 is 23.2 Å². The molecule has 96 valence electrons. The van der Waals surface area contributed by atoms with Crippen molar-refractivity contribution in [1.82, 2.24) is 5.32 Å². The summed E-state index contributed by atoms with van der Waals surface area (Å²) in [4.78, 5) is 25.0. The van der Waals surface area contributed by atoms with Crippen LogP contribution in [0.5, 0.6) is 0 Å². The van der Waals surface area contributed by atoms with E-state index in [0.717, 1.165) is 17.7 Å². The first-order valence-corrected chi connectivity index (χ1v) is 6.07. The standard InChI is InChI=1S/C13H17N3O2/c1-2-5-15-12(17)8-16-11-4-3-10(14)6-9(11)7-13(16)18/h3-4,6H,2,5,7-8,14H2,1H3,(H,15,17). The average Bonchev–Trinajstić information content (AvgIpc) is 2.62. The SMILES string of the molecule is CCCNC(=O)CN1C(=O)Cc2cc(N)ccc21. The Morgan fingerprint density at radius 2 is 2.28 bits per heavy atom. The van der Waals surface area contributed by atoms with E-state index in [1.807, 2.05) is 6.92 Å². The van der Waals surface area contributed by atoms with E-state index in [9.17, 15) is 9.59 Å². The number of hydrogen-bond acceptors (Lipinski definition) is 3. The molecule has 2 rings (SSSR count). The van der Waals surface area contributed by atoms with Crippen molar-refractivity contribution in [2.75, 3.05) is 23.7 Å². The molecular formula is C13H17N3O2. The first-order valence-electron chi connectivity index (χ1n) is 6.07. The summed E-state index contributed by atoms with van der Waals surface area (Å²) in [7, 11) is 0. The monoisotopic (exact) mass is 247 g/mol. The molecule has 0 saturated heterocycles. The Labute approximate surface area is 106 Å². The van der Waals surface area contributed by atoms with Crippen molar-refractivity contribution in [1.29, 1.82) is 0 Å². The fourth-order valence-electron chi connectivity index (χ4n) is 2.04. The van der Waals surface area contributed by atoms with E-state index in [1.54, 1.807) is 18.2 Å². The summed E-state index contributed by atoms with van der Waals surface area (Å²) in [5, 5.41) is 2.76. The summed E-state index contributed by atoms with van der Waals surface area (Å²) in [5.74, 6) is -0.183. The molecule has 1 aliphatic rings. The molecule has 1 heterocycles. The minimum Gasteiger partial charge on any atom is -0.399 e. The van der Waals surface area contributed by atoms with Crippen molar-refractivity contribution in [3.05, 3.63) is 23.8 Å². The number of amides is 2. The molecule has 0 spiro atoms. The van der Waals surface area contributed by atoms with Gasteiger partial charge in [-0.3, -0.25) is 9.59 Å². The van der Waals surface area contributed by atoms with Gasteiger partial charge in [0.15, 0.2) is 0 Å². The summed E-state index contributed by atoms with van der Waals surface area (Å²) in [5.41, 5.74) is 8.00. The second kappa shape index (κ2) is 5.08. The molecule has 0 atom stereocenters. The number of carbonyl (C=O) groups is 2. The summed E-state index contributed by atoms with van der Waals surface area (Å²) in [6, 6.07) is 5.33. The Kier molecular flexibility index (Phi) is 3.50. The third-order valence-electron chi connectivity index (χ3n) is 2.91. The maximum Gasteiger partial charge on any atom is 0.240 e. The lowest BCUT2D eigenvalue weighted by atomic mass is 10.1. The molecule has 0 radical (unpaired) electrons. The van der Waals surface area contributed by atoms with Gasteiger partial charge >= 0.3 is 0 Å². The molecule has 0 unspecified atom stereocenters. The molecule has 2 amide bonds. The molecule has 1 aromatic rings. The van der Waals surface area contributed by atoms with E-state index in [0.29, 0.717) is 18.7 Å². The Balaban J connectivity index is 2.11. The largest absolute Gasteiger partial charge is 0.399 e. The molecule has 5 heteroatoms. The van der Waals surface area contributed by atoms with Gasteiger partial charge in [0.25, 0.3) is 0 Å². The number of benzene rings is 1. The van der Waals surface area contributed by atoms with Gasteiger partial charge in [-0.05, 0) is 30.2 Å². The quantitative estimate of drug-likeness (QED) is 0.768. The van der Waals surface area contributed by atoms with Crippen LogP contribution in [0.25, 0.3) is 0 Å². The van der Waals surface area contributed by atoms with Crippen LogP contribution in [-0.2, 0) is 16.0 Å². The summed E-state index contributed by atoms with van der Waals surface area (Å²) < 4.78 is 0. The molecule has 0 aromatic heterocycles. The van der Waals surface area contributed by atoms with Crippen molar-refractivity contribution in [2.24, 2.45) is 0 Å². The van der Waals surface area contributed by atoms with Crippen LogP contribution in [0.15, 0.2) is 18.2 Å². The van der Waals surface area contributed by atoms with E-state index < -0.39 is 0 Å². The predicted octanol–water partition coefficient (Wildman–Crippen LogP) is 0.684. The van der Waals surface area contributed by atoms with Gasteiger partial charge < -0.3 is 16.0 Å². The van der Waals surface area contributed by atoms with E-state index >= 15 is 0 Å². The normalized spacial score (nSPS) is 13.6. The highest BCUT2D eigenvalue weighted by Gasteiger charge is 2.28. The molecule has 3 N–H and O–H groups in total. The molecular weight excluding hydrogens is 230 g/mol. The first kappa shape index (κ1) is 12.4. The predicted molar refractivity (Wildman–Crippen MR) is 70.2 cm³/mol. The second-order valence-corrected chi connectivity index (χ2v) is 4.39. The van der Waals surface area contributed by atoms with Crippen LogP contribution in [0.4, 0.5) is 11.4 Å². The van der Waals surface area contributed by atoms with Crippen LogP contribution in [0, 0.1) is 0 Å². The molecule has 0 fully saturated rings. The molecule has 0 aliphatic carbocycles. The van der Waals surface area contributed by atoms with Gasteiger partial charge in [0, 0.05) is 17.9 Å². The number of nitrogens with zero attached hydrogens (tertiary/aromatic N) is 1. The minimum absolute atomic E-state index is 0.0535. The summed E-state index contributed by atoms with van der Waals surface area (Å²) >= 11 is 0. The lowest BCUT2D eigenvalue weighted by molar-refractivity contribution is -0.123. The molecule has 0 bridgehead atoms. The lowest BCUT2D eigenvalue weighted by Crippen LogP contribution is -2.39. The van der Waals surface area contributed by atoms with Gasteiger partial charge in [-0.1, -0.05) is 6.92 Å². The van der Waals surface area contributed by atoms with Crippen LogP contribution >= 0.6 is 0 Å². The fourth-order valence-corrected chi connectivity index (χ4v) is 2.04. The third-order valence-corrected chi connectivity index (χ3v) is 2.91. The van der Waals surface area contributed by atoms with Crippen molar-refractivity contribution in [3.63, 3.8) is 0 Å². The fraction of sp³-hybridized carbons (Fsp3) is 0.385. The Hall–Kier alpha value is -2.04. The Morgan fingerprint density at radius 3 is 3.00 bits per heavy atom. The van der Waals surface area contributed by atoms with Gasteiger partial charge in [0.1, 0.15) is 6.54 Å². The van der Waals surface area contributed by atoms with Crippen LogP contribution in [-0.4, -0.2) is 24.9 Å². The number of hydrogen-bond donors (Lipinski definition) is 2. The number of nitrogens with two attached hydrogens (primary N) is 1. The van der Waals surface area contributed by atoms with Crippen molar-refractivity contribution < 1.29 is 9.59 Å². The maximum atomic E-state index is 11.9. The van der Waals surface area contributed by atoms with Crippen LogP contribution in [0.1, 0.15) is 18.9 Å². The van der Waals surface area contributed by atoms with Crippen LogP contribution < -0.4 is 16.0 Å². The van der Waals surface area contributed by atoms with E-state index in [-0.39, 0.29) is 18.4 Å². The Morgan fingerprint density at radius 1 is 1.50 bits per heavy atom. The van der Waals surface area contributed by atoms with Gasteiger partial charge in [-0.25, -0.2) is 0 Å². The molecule has 1 aliphatic heterocycles. The second-order valence-electron chi connectivity index (χ2n) is 4.39. The van der Waals surface area contributed by atoms with E-state index in [4.69, 9.17) is 5.73 Å². The highest BCUT2D eigenvalue weighted by Crippen LogP contribution is 2.30. The third kappa shape index (κ3) is 2.45. The van der Waals surface area contributed by atoms with E-state index in [1.165, 1.54) is 4.90 Å². The minimum atomic E-state index is -0.130. The van der Waals surface area contributed by atoms with Crippen molar-refractivity contribution in [3.8, 4) is 0 Å². The average molecular weight is 247 g/mol. The first-order chi connectivity index (χ1) is 8.61. The van der Waals surface area contributed by atoms with Crippen LogP contribution in [0.3, 0.4) is 0 Å². The van der Waals surface area contributed by atoms with Gasteiger partial charge in [0.05, 0.1) is 6.42 Å². The van der Waals surface area contributed by atoms with Crippen LogP contribution in [0.2, 0.25) is 0 Å². The maximum absolute atomic E-state index is 11.9. The molecule has 5 nitrogen and oxygen atoms in total. The van der Waals surface area contributed by atoms with Gasteiger partial charge in [-0.15, -0.1) is 0 Å². The Bertz CT molecular complexity index is 485. The van der Waals surface area contributed by atoms with Crippen molar-refractivity contribution in [2.45, 2.75) is 19.8 Å². The zero-order valence-corrected chi connectivity index (χ0v) is 10.4. The lowest BCUT2D eigenvalue weighted by Gasteiger charge is -2.17. The number of rotatable bonds is 4. The van der Waals surface area contributed by atoms with Gasteiger partial charge in [0.2, 0.25) is 11.8 Å². The van der Waals surface area contributed by atoms with E-state index in [2.05, 4.69) is 5.32 Å². The number of nitrogen functional groups attached to an aromatic ring is 1. The summed E-state index contributed by atoms with van der Waals surface area (Å²) in [6.45, 7) is 2.70. The highest BCUT2D eigenvalue weighted by atomic mass is 16.2. The topological polar surface area (TPSA) is 75.4 Å².